The van der Waals surface area contributed by atoms with Crippen LogP contribution in [0.3, 0.4) is 0 Å². The van der Waals surface area contributed by atoms with Gasteiger partial charge in [0, 0.05) is 19.5 Å². The molecule has 0 radical (unpaired) electrons. The quantitative estimate of drug-likeness (QED) is 0.681. The van der Waals surface area contributed by atoms with Crippen molar-refractivity contribution >= 4 is 11.8 Å². The molecule has 1 heterocycles. The molecule has 0 bridgehead atoms. The summed E-state index contributed by atoms with van der Waals surface area (Å²) in [5, 5.41) is 2.87. The highest BCUT2D eigenvalue weighted by Gasteiger charge is 2.32. The van der Waals surface area contributed by atoms with Crippen LogP contribution in [0.15, 0.2) is 48.5 Å². The largest absolute Gasteiger partial charge is 0.481 e. The van der Waals surface area contributed by atoms with Gasteiger partial charge in [0.1, 0.15) is 5.75 Å². The summed E-state index contributed by atoms with van der Waals surface area (Å²) in [4.78, 5) is 27.3. The van der Waals surface area contributed by atoms with Crippen molar-refractivity contribution in [3.63, 3.8) is 0 Å². The first kappa shape index (κ1) is 22.9. The van der Waals surface area contributed by atoms with Crippen molar-refractivity contribution in [2.75, 3.05) is 13.1 Å². The van der Waals surface area contributed by atoms with Crippen LogP contribution in [0.5, 0.6) is 5.75 Å². The van der Waals surface area contributed by atoms with E-state index < -0.39 is 6.10 Å². The minimum Gasteiger partial charge on any atom is -0.481 e. The number of fused-ring (bicyclic) bond motifs is 1. The van der Waals surface area contributed by atoms with E-state index in [-0.39, 0.29) is 17.9 Å². The van der Waals surface area contributed by atoms with Gasteiger partial charge in [-0.05, 0) is 54.5 Å². The van der Waals surface area contributed by atoms with Gasteiger partial charge in [-0.25, -0.2) is 0 Å². The number of carbonyl (C=O) groups excluding carboxylic acids is 2. The second-order valence-corrected chi connectivity index (χ2v) is 8.66. The topological polar surface area (TPSA) is 58.6 Å². The van der Waals surface area contributed by atoms with Gasteiger partial charge < -0.3 is 15.0 Å². The number of rotatable bonds is 8. The first-order valence-electron chi connectivity index (χ1n) is 11.3. The third kappa shape index (κ3) is 5.66. The van der Waals surface area contributed by atoms with Crippen LogP contribution in [-0.2, 0) is 16.0 Å². The fourth-order valence-electron chi connectivity index (χ4n) is 4.05. The summed E-state index contributed by atoms with van der Waals surface area (Å²) in [7, 11) is 0. The zero-order valence-corrected chi connectivity index (χ0v) is 19.1. The summed E-state index contributed by atoms with van der Waals surface area (Å²) in [6, 6.07) is 16.0. The van der Waals surface area contributed by atoms with Crippen molar-refractivity contribution in [2.24, 2.45) is 5.92 Å². The highest BCUT2D eigenvalue weighted by molar-refractivity contribution is 5.80. The molecule has 2 atom stereocenters. The molecule has 0 fully saturated rings. The van der Waals surface area contributed by atoms with Gasteiger partial charge in [0.15, 0.2) is 6.10 Å². The highest BCUT2D eigenvalue weighted by Crippen LogP contribution is 2.37. The Morgan fingerprint density at radius 1 is 1.13 bits per heavy atom. The second-order valence-electron chi connectivity index (χ2n) is 8.66. The lowest BCUT2D eigenvalue weighted by Gasteiger charge is -2.38. The standard InChI is InChI=1S/C26H34N2O3/c1-5-14-27-26(30)19(4)31-22-12-11-20-13-15-28(24(29)16-18(2)3)25(23(20)17-22)21-9-7-6-8-10-21/h6-12,17-19,25H,5,13-16H2,1-4H3,(H,27,30)/t19-,25+/m0/s1. The molecule has 0 unspecified atom stereocenters. The summed E-state index contributed by atoms with van der Waals surface area (Å²) in [6.07, 6.45) is 1.65. The molecule has 5 heteroatoms. The number of nitrogens with one attached hydrogen (secondary N) is 1. The molecule has 31 heavy (non-hydrogen) atoms. The van der Waals surface area contributed by atoms with E-state index in [2.05, 4.69) is 37.4 Å². The van der Waals surface area contributed by atoms with Crippen LogP contribution in [0.1, 0.15) is 63.3 Å². The molecule has 0 saturated heterocycles. The maximum Gasteiger partial charge on any atom is 0.260 e. The number of amides is 2. The molecule has 0 saturated carbocycles. The summed E-state index contributed by atoms with van der Waals surface area (Å²) in [5.74, 6) is 1.01. The zero-order chi connectivity index (χ0) is 22.4. The Morgan fingerprint density at radius 3 is 2.55 bits per heavy atom. The Bertz CT molecular complexity index is 895. The molecule has 1 aliphatic heterocycles. The Balaban J connectivity index is 1.92. The van der Waals surface area contributed by atoms with E-state index in [0.29, 0.717) is 31.2 Å². The van der Waals surface area contributed by atoms with Crippen LogP contribution in [0.2, 0.25) is 0 Å². The van der Waals surface area contributed by atoms with E-state index >= 15 is 0 Å². The lowest BCUT2D eigenvalue weighted by molar-refractivity contribution is -0.134. The van der Waals surface area contributed by atoms with Crippen LogP contribution in [0, 0.1) is 5.92 Å². The van der Waals surface area contributed by atoms with Crippen LogP contribution in [-0.4, -0.2) is 35.9 Å². The smallest absolute Gasteiger partial charge is 0.260 e. The fraction of sp³-hybridized carbons (Fsp3) is 0.462. The van der Waals surface area contributed by atoms with Crippen molar-refractivity contribution in [3.05, 3.63) is 65.2 Å². The van der Waals surface area contributed by atoms with E-state index in [1.54, 1.807) is 6.92 Å². The minimum atomic E-state index is -0.581. The van der Waals surface area contributed by atoms with Gasteiger partial charge in [-0.2, -0.15) is 0 Å². The fourth-order valence-corrected chi connectivity index (χ4v) is 4.05. The average molecular weight is 423 g/mol. The van der Waals surface area contributed by atoms with Gasteiger partial charge in [0.2, 0.25) is 5.91 Å². The number of hydrogen-bond donors (Lipinski definition) is 1. The van der Waals surface area contributed by atoms with Crippen LogP contribution < -0.4 is 10.1 Å². The van der Waals surface area contributed by atoms with E-state index in [9.17, 15) is 9.59 Å². The molecule has 3 rings (SSSR count). The van der Waals surface area contributed by atoms with Gasteiger partial charge in [0.25, 0.3) is 5.91 Å². The Morgan fingerprint density at radius 2 is 1.87 bits per heavy atom. The summed E-state index contributed by atoms with van der Waals surface area (Å²) >= 11 is 0. The molecule has 5 nitrogen and oxygen atoms in total. The van der Waals surface area contributed by atoms with Crippen molar-refractivity contribution < 1.29 is 14.3 Å². The summed E-state index contributed by atoms with van der Waals surface area (Å²) in [6.45, 7) is 9.27. The van der Waals surface area contributed by atoms with Gasteiger partial charge >= 0.3 is 0 Å². The van der Waals surface area contributed by atoms with E-state index in [0.717, 1.165) is 24.0 Å². The maximum absolute atomic E-state index is 13.1. The SMILES string of the molecule is CCCNC(=O)[C@H](C)Oc1ccc2c(c1)[C@@H](c1ccccc1)N(C(=O)CC(C)C)CC2. The van der Waals surface area contributed by atoms with Gasteiger partial charge in [-0.3, -0.25) is 9.59 Å². The average Bonchev–Trinajstić information content (AvgIpc) is 2.76. The second kappa shape index (κ2) is 10.5. The summed E-state index contributed by atoms with van der Waals surface area (Å²) < 4.78 is 5.97. The van der Waals surface area contributed by atoms with Crippen molar-refractivity contribution in [1.82, 2.24) is 10.2 Å². The third-order valence-corrected chi connectivity index (χ3v) is 5.60. The molecule has 0 aliphatic carbocycles. The molecule has 2 amide bonds. The predicted molar refractivity (Wildman–Crippen MR) is 123 cm³/mol. The molecule has 166 valence electrons. The number of nitrogens with zero attached hydrogens (tertiary/aromatic N) is 1. The zero-order valence-electron chi connectivity index (χ0n) is 19.1. The molecule has 1 aliphatic rings. The number of benzene rings is 2. The number of carbonyl (C=O) groups is 2. The molecular weight excluding hydrogens is 388 g/mol. The lowest BCUT2D eigenvalue weighted by atomic mass is 9.87. The minimum absolute atomic E-state index is 0.118. The monoisotopic (exact) mass is 422 g/mol. The van der Waals surface area contributed by atoms with Crippen LogP contribution >= 0.6 is 0 Å². The van der Waals surface area contributed by atoms with E-state index in [1.165, 1.54) is 5.56 Å². The Kier molecular flexibility index (Phi) is 7.72. The van der Waals surface area contributed by atoms with Crippen molar-refractivity contribution in [2.45, 2.75) is 59.1 Å². The van der Waals surface area contributed by atoms with Crippen molar-refractivity contribution in [1.29, 1.82) is 0 Å². The van der Waals surface area contributed by atoms with Crippen molar-refractivity contribution in [3.8, 4) is 5.75 Å². The highest BCUT2D eigenvalue weighted by atomic mass is 16.5. The third-order valence-electron chi connectivity index (χ3n) is 5.60. The Hall–Kier alpha value is -2.82. The molecular formula is C26H34N2O3. The first-order chi connectivity index (χ1) is 14.9. The van der Waals surface area contributed by atoms with Gasteiger partial charge in [-0.15, -0.1) is 0 Å². The first-order valence-corrected chi connectivity index (χ1v) is 11.3. The molecule has 2 aromatic rings. The van der Waals surface area contributed by atoms with E-state index in [4.69, 9.17) is 4.74 Å². The maximum atomic E-state index is 13.1. The normalized spacial score (nSPS) is 16.5. The number of hydrogen-bond acceptors (Lipinski definition) is 3. The number of ether oxygens (including phenoxy) is 1. The van der Waals surface area contributed by atoms with Gasteiger partial charge in [0.05, 0.1) is 6.04 Å². The Labute approximate surface area is 185 Å². The molecule has 1 N–H and O–H groups in total. The molecule has 0 aromatic heterocycles. The summed E-state index contributed by atoms with van der Waals surface area (Å²) in [5.41, 5.74) is 3.39. The molecule has 2 aromatic carbocycles. The van der Waals surface area contributed by atoms with E-state index in [1.807, 2.05) is 42.2 Å². The van der Waals surface area contributed by atoms with Gasteiger partial charge in [-0.1, -0.05) is 57.2 Å². The lowest BCUT2D eigenvalue weighted by Crippen LogP contribution is -2.41. The van der Waals surface area contributed by atoms with Crippen LogP contribution in [0.4, 0.5) is 0 Å². The molecule has 0 spiro atoms. The van der Waals surface area contributed by atoms with Crippen LogP contribution in [0.25, 0.3) is 0 Å². The predicted octanol–water partition coefficient (Wildman–Crippen LogP) is 4.50.